The Labute approximate surface area is 319 Å². The summed E-state index contributed by atoms with van der Waals surface area (Å²) in [6.45, 7) is 3.79. The summed E-state index contributed by atoms with van der Waals surface area (Å²) in [7, 11) is -0.0878. The first-order chi connectivity index (χ1) is 25.8. The number of rotatable bonds is 5. The number of aromatic hydroxyl groups is 1. The third-order valence-electron chi connectivity index (χ3n) is 12.1. The highest BCUT2D eigenvalue weighted by molar-refractivity contribution is 7.22. The van der Waals surface area contributed by atoms with Crippen LogP contribution in [0.3, 0.4) is 0 Å². The molecule has 2 saturated heterocycles. The van der Waals surface area contributed by atoms with E-state index in [9.17, 15) is 29.5 Å². The molecule has 4 heterocycles. The number of nitrogens with zero attached hydrogens (tertiary/aromatic N) is 4. The van der Waals surface area contributed by atoms with Gasteiger partial charge in [0.2, 0.25) is 23.6 Å². The van der Waals surface area contributed by atoms with E-state index >= 15 is 4.79 Å². The molecule has 3 fully saturated rings. The smallest absolute Gasteiger partial charge is 0.488 e. The highest BCUT2D eigenvalue weighted by Crippen LogP contribution is 2.64. The van der Waals surface area contributed by atoms with E-state index in [2.05, 4.69) is 0 Å². The number of hydrogen-bond donors (Lipinski definition) is 3. The van der Waals surface area contributed by atoms with E-state index in [1.165, 1.54) is 17.0 Å². The van der Waals surface area contributed by atoms with Gasteiger partial charge in [-0.3, -0.25) is 28.8 Å². The van der Waals surface area contributed by atoms with Crippen molar-refractivity contribution in [3.8, 4) is 16.3 Å². The number of amides is 4. The Hall–Kier alpha value is -5.08. The van der Waals surface area contributed by atoms with Crippen molar-refractivity contribution in [2.24, 2.45) is 36.1 Å². The molecule has 14 heteroatoms. The Morgan fingerprint density at radius 2 is 1.70 bits per heavy atom. The molecule has 0 bridgehead atoms. The predicted molar refractivity (Wildman–Crippen MR) is 205 cm³/mol. The van der Waals surface area contributed by atoms with Crippen LogP contribution in [-0.2, 0) is 26.2 Å². The number of carbonyl (C=O) groups excluding carboxylic acids is 4. The number of halogens is 1. The van der Waals surface area contributed by atoms with Crippen molar-refractivity contribution in [2.45, 2.75) is 32.6 Å². The van der Waals surface area contributed by atoms with Gasteiger partial charge in [0, 0.05) is 28.8 Å². The summed E-state index contributed by atoms with van der Waals surface area (Å²) in [5.41, 5.74) is 2.09. The number of anilines is 2. The maximum Gasteiger partial charge on any atom is 0.488 e. The van der Waals surface area contributed by atoms with Crippen molar-refractivity contribution in [3.05, 3.63) is 101 Å². The van der Waals surface area contributed by atoms with Crippen molar-refractivity contribution in [1.82, 2.24) is 9.78 Å². The molecule has 2 aliphatic carbocycles. The van der Waals surface area contributed by atoms with Crippen LogP contribution in [0.2, 0.25) is 5.02 Å². The van der Waals surface area contributed by atoms with E-state index < -0.39 is 65.8 Å². The molecule has 4 amide bonds. The van der Waals surface area contributed by atoms with Gasteiger partial charge in [-0.1, -0.05) is 47.5 Å². The fourth-order valence-corrected chi connectivity index (χ4v) is 10.9. The minimum absolute atomic E-state index is 0.00166. The number of hydrogen-bond acceptors (Lipinski definition) is 9. The van der Waals surface area contributed by atoms with Gasteiger partial charge in [0.15, 0.2) is 0 Å². The van der Waals surface area contributed by atoms with Crippen LogP contribution in [0.5, 0.6) is 5.75 Å². The van der Waals surface area contributed by atoms with E-state index in [0.717, 1.165) is 31.0 Å². The number of aromatic nitrogens is 2. The number of fused-ring (bicyclic) bond motifs is 5. The third-order valence-corrected chi connectivity index (χ3v) is 13.7. The molecule has 3 aromatic carbocycles. The average molecular weight is 761 g/mol. The largest absolute Gasteiger partial charge is 0.508 e. The molecule has 2 aromatic heterocycles. The molecule has 3 N–H and O–H groups in total. The lowest BCUT2D eigenvalue weighted by Gasteiger charge is -2.49. The molecule has 54 heavy (non-hydrogen) atoms. The minimum Gasteiger partial charge on any atom is -0.508 e. The zero-order chi connectivity index (χ0) is 38.0. The summed E-state index contributed by atoms with van der Waals surface area (Å²) >= 11 is 7.85. The normalized spacial score (nSPS) is 26.3. The maximum absolute atomic E-state index is 15.0. The fraction of sp³-hybridized carbons (Fsp3) is 0.275. The third kappa shape index (κ3) is 4.84. The monoisotopic (exact) mass is 760 g/mol. The first-order valence-corrected chi connectivity index (χ1v) is 18.9. The molecule has 6 atom stereocenters. The van der Waals surface area contributed by atoms with Crippen LogP contribution < -0.4 is 15.3 Å². The van der Waals surface area contributed by atoms with Crippen LogP contribution in [-0.4, -0.2) is 55.7 Å². The minimum atomic E-state index is -1.79. The van der Waals surface area contributed by atoms with Crippen LogP contribution in [0.1, 0.15) is 36.8 Å². The zero-order valence-electron chi connectivity index (χ0n) is 29.4. The first-order valence-electron chi connectivity index (χ1n) is 17.7. The molecule has 0 unspecified atom stereocenters. The fourth-order valence-electron chi connectivity index (χ4n) is 9.61. The number of imide groups is 2. The maximum atomic E-state index is 15.0. The van der Waals surface area contributed by atoms with Crippen LogP contribution in [0.15, 0.2) is 84.4 Å². The average Bonchev–Trinajstić information content (AvgIpc) is 3.81. The predicted octanol–water partition coefficient (Wildman–Crippen LogP) is 5.08. The number of aryl methyl sites for hydroxylation is 2. The Kier molecular flexibility index (Phi) is 7.85. The number of carbonyl (C=O) groups is 4. The van der Waals surface area contributed by atoms with Crippen molar-refractivity contribution in [1.29, 1.82) is 0 Å². The second-order valence-corrected chi connectivity index (χ2v) is 16.4. The van der Waals surface area contributed by atoms with Crippen LogP contribution in [0, 0.1) is 36.0 Å². The summed E-state index contributed by atoms with van der Waals surface area (Å²) < 4.78 is 2.58. The first kappa shape index (κ1) is 34.7. The van der Waals surface area contributed by atoms with Crippen molar-refractivity contribution < 1.29 is 34.3 Å². The van der Waals surface area contributed by atoms with Gasteiger partial charge in [-0.15, -0.1) is 11.3 Å². The molecule has 0 radical (unpaired) electrons. The number of phenols is 1. The van der Waals surface area contributed by atoms with E-state index in [0.29, 0.717) is 22.1 Å². The number of allylic oxidation sites excluding steroid dienone is 2. The summed E-state index contributed by atoms with van der Waals surface area (Å²) in [4.78, 5) is 61.5. The number of thiophene rings is 1. The van der Waals surface area contributed by atoms with E-state index in [1.807, 2.05) is 37.3 Å². The molecule has 272 valence electrons. The lowest BCUT2D eigenvalue weighted by atomic mass is 9.51. The van der Waals surface area contributed by atoms with Gasteiger partial charge in [-0.05, 0) is 97.0 Å². The van der Waals surface area contributed by atoms with Gasteiger partial charge in [0.05, 0.1) is 33.7 Å². The lowest BCUT2D eigenvalue weighted by Crippen LogP contribution is -2.48. The highest BCUT2D eigenvalue weighted by Gasteiger charge is 2.68. The summed E-state index contributed by atoms with van der Waals surface area (Å²) in [5, 5.41) is 36.7. The second kappa shape index (κ2) is 12.2. The second-order valence-electron chi connectivity index (χ2n) is 14.9. The topological polar surface area (TPSA) is 153 Å². The van der Waals surface area contributed by atoms with Crippen LogP contribution >= 0.6 is 22.9 Å². The standard InChI is InChI=1S/C40H34BClN4O7S/c1-19-27-16-22(42)10-13-31(27)54-35(19)30-18-32(44(3)43-30)46-37(49)29-17-28-25(34(40(29,2)39(46)51)20-6-4-9-24(47)14-20)11-12-26-33(28)38(50)45(36(26)48)23-8-5-7-21(15-23)41(52)53/h4-11,13-16,18,26,28-29,33-34,47,52-53H,12,17H2,1-3H3/t26-,28+,29-,33-,34-,40+/m0/s1. The molecule has 9 rings (SSSR count). The van der Waals surface area contributed by atoms with E-state index in [4.69, 9.17) is 16.7 Å². The molecule has 2 aliphatic heterocycles. The SMILES string of the molecule is Cc1c(-c2cc(N3C(=O)[C@@H]4C[C@@H]5C(=CC[C@@H]6C(=O)N(c7cccc(B(O)O)c7)C(=O)[C@@H]65)[C@H](c5cccc(O)c5)[C@]4(C)C3=O)n(C)n2)sc2ccc(Cl)cc12. The van der Waals surface area contributed by atoms with Crippen molar-refractivity contribution in [2.75, 3.05) is 9.80 Å². The van der Waals surface area contributed by atoms with Gasteiger partial charge in [0.1, 0.15) is 17.3 Å². The Bertz CT molecular complexity index is 2510. The van der Waals surface area contributed by atoms with E-state index in [1.54, 1.807) is 66.4 Å². The Morgan fingerprint density at radius 3 is 2.46 bits per heavy atom. The molecule has 11 nitrogen and oxygen atoms in total. The zero-order valence-corrected chi connectivity index (χ0v) is 31.0. The summed E-state index contributed by atoms with van der Waals surface area (Å²) in [6, 6.07) is 20.2. The molecule has 1 saturated carbocycles. The molecular formula is C40H34BClN4O7S. The van der Waals surface area contributed by atoms with Gasteiger partial charge in [-0.2, -0.15) is 5.10 Å². The highest BCUT2D eigenvalue weighted by atomic mass is 35.5. The van der Waals surface area contributed by atoms with Gasteiger partial charge < -0.3 is 15.2 Å². The summed E-state index contributed by atoms with van der Waals surface area (Å²) in [5.74, 6) is -4.97. The number of phenolic OH excluding ortho intramolecular Hbond substituents is 1. The Morgan fingerprint density at radius 1 is 0.926 bits per heavy atom. The van der Waals surface area contributed by atoms with E-state index in [-0.39, 0.29) is 29.7 Å². The lowest BCUT2D eigenvalue weighted by molar-refractivity contribution is -0.131. The molecule has 4 aliphatic rings. The van der Waals surface area contributed by atoms with Gasteiger partial charge in [0.25, 0.3) is 0 Å². The summed E-state index contributed by atoms with van der Waals surface area (Å²) in [6.07, 6.45) is 2.35. The molecular weight excluding hydrogens is 727 g/mol. The Balaban J connectivity index is 1.14. The van der Waals surface area contributed by atoms with Gasteiger partial charge in [-0.25, -0.2) is 4.90 Å². The van der Waals surface area contributed by atoms with Crippen molar-refractivity contribution in [3.63, 3.8) is 0 Å². The van der Waals surface area contributed by atoms with Crippen molar-refractivity contribution >= 4 is 80.7 Å². The number of benzene rings is 3. The molecule has 0 spiro atoms. The van der Waals surface area contributed by atoms with Crippen LogP contribution in [0.25, 0.3) is 20.7 Å². The van der Waals surface area contributed by atoms with Crippen LogP contribution in [0.4, 0.5) is 11.5 Å². The molecule has 5 aromatic rings. The quantitative estimate of drug-likeness (QED) is 0.127. The van der Waals surface area contributed by atoms with Gasteiger partial charge >= 0.3 is 7.12 Å².